The Labute approximate surface area is 160 Å². The van der Waals surface area contributed by atoms with E-state index in [2.05, 4.69) is 15.7 Å². The Balaban J connectivity index is 1.60. The third-order valence-electron chi connectivity index (χ3n) is 5.20. The van der Waals surface area contributed by atoms with Gasteiger partial charge in [0.05, 0.1) is 18.3 Å². The number of anilines is 1. The molecule has 0 saturated carbocycles. The molecule has 9 heteroatoms. The summed E-state index contributed by atoms with van der Waals surface area (Å²) in [6.07, 6.45) is -1.73. The number of nitrogens with one attached hydrogen (secondary N) is 2. The van der Waals surface area contributed by atoms with Crippen molar-refractivity contribution < 1.29 is 22.7 Å². The fourth-order valence-corrected chi connectivity index (χ4v) is 3.74. The lowest BCUT2D eigenvalue weighted by Gasteiger charge is -2.34. The van der Waals surface area contributed by atoms with Gasteiger partial charge in [-0.25, -0.2) is 4.68 Å². The molecule has 28 heavy (non-hydrogen) atoms. The highest BCUT2D eigenvalue weighted by molar-refractivity contribution is 5.98. The summed E-state index contributed by atoms with van der Waals surface area (Å²) >= 11 is 0. The smallest absolute Gasteiger partial charge is 0.376 e. The number of carbonyl (C=O) groups excluding carboxylic acids is 1. The molecule has 150 valence electrons. The van der Waals surface area contributed by atoms with Gasteiger partial charge in [-0.3, -0.25) is 4.79 Å². The molecule has 0 unspecified atom stereocenters. The zero-order valence-electron chi connectivity index (χ0n) is 15.1. The molecular weight excluding hydrogens is 373 g/mol. The molecule has 0 spiro atoms. The average Bonchev–Trinajstić information content (AvgIpc) is 3.35. The Hall–Kier alpha value is -2.55. The maximum absolute atomic E-state index is 13.7. The number of aromatic nitrogens is 2. The van der Waals surface area contributed by atoms with Gasteiger partial charge in [0.25, 0.3) is 5.91 Å². The molecule has 0 bridgehead atoms. The van der Waals surface area contributed by atoms with E-state index in [1.54, 1.807) is 24.3 Å². The first-order valence-corrected chi connectivity index (χ1v) is 9.29. The third-order valence-corrected chi connectivity index (χ3v) is 5.20. The maximum atomic E-state index is 13.7. The summed E-state index contributed by atoms with van der Waals surface area (Å²) in [6.45, 7) is 0.992. The van der Waals surface area contributed by atoms with Gasteiger partial charge in [0.15, 0.2) is 6.04 Å². The highest BCUT2D eigenvalue weighted by atomic mass is 19.4. The lowest BCUT2D eigenvalue weighted by molar-refractivity contribution is -0.173. The van der Waals surface area contributed by atoms with E-state index in [0.29, 0.717) is 13.2 Å². The van der Waals surface area contributed by atoms with Crippen molar-refractivity contribution in [3.05, 3.63) is 47.7 Å². The van der Waals surface area contributed by atoms with Gasteiger partial charge in [-0.05, 0) is 18.4 Å². The molecule has 2 aliphatic heterocycles. The number of rotatable bonds is 4. The van der Waals surface area contributed by atoms with E-state index in [1.165, 1.54) is 6.20 Å². The summed E-state index contributed by atoms with van der Waals surface area (Å²) in [5.74, 6) is -0.369. The molecule has 3 atom stereocenters. The molecule has 0 radical (unpaired) electrons. The van der Waals surface area contributed by atoms with E-state index in [4.69, 9.17) is 4.74 Å². The number of nitrogens with zero attached hydrogens (tertiary/aromatic N) is 2. The van der Waals surface area contributed by atoms with Gasteiger partial charge in [0, 0.05) is 19.6 Å². The molecule has 1 saturated heterocycles. The zero-order valence-corrected chi connectivity index (χ0v) is 15.1. The summed E-state index contributed by atoms with van der Waals surface area (Å²) in [5, 5.41) is 9.70. The van der Waals surface area contributed by atoms with E-state index < -0.39 is 24.2 Å². The highest BCUT2D eigenvalue weighted by Gasteiger charge is 2.47. The van der Waals surface area contributed by atoms with Crippen LogP contribution in [0.25, 0.3) is 0 Å². The molecule has 4 rings (SSSR count). The van der Waals surface area contributed by atoms with Crippen LogP contribution in [0, 0.1) is 0 Å². The van der Waals surface area contributed by atoms with Gasteiger partial charge in [-0.2, -0.15) is 18.3 Å². The second-order valence-corrected chi connectivity index (χ2v) is 7.10. The number of hydrogen-bond acceptors (Lipinski definition) is 4. The molecule has 2 N–H and O–H groups in total. The van der Waals surface area contributed by atoms with Crippen LogP contribution in [0.4, 0.5) is 19.0 Å². The van der Waals surface area contributed by atoms with Crippen LogP contribution in [0.3, 0.4) is 0 Å². The van der Waals surface area contributed by atoms with Crippen molar-refractivity contribution in [3.63, 3.8) is 0 Å². The quantitative estimate of drug-likeness (QED) is 0.834. The number of hydrogen-bond donors (Lipinski definition) is 2. The fourth-order valence-electron chi connectivity index (χ4n) is 3.74. The molecule has 2 aromatic rings. The summed E-state index contributed by atoms with van der Waals surface area (Å²) in [6, 6.07) is 6.54. The largest absolute Gasteiger partial charge is 0.410 e. The molecule has 1 amide bonds. The maximum Gasteiger partial charge on any atom is 0.410 e. The Kier molecular flexibility index (Phi) is 5.01. The van der Waals surface area contributed by atoms with Crippen LogP contribution < -0.4 is 10.6 Å². The molecule has 2 aliphatic rings. The van der Waals surface area contributed by atoms with Crippen LogP contribution in [-0.2, 0) is 4.74 Å². The van der Waals surface area contributed by atoms with E-state index >= 15 is 0 Å². The molecule has 3 heterocycles. The van der Waals surface area contributed by atoms with Crippen molar-refractivity contribution in [2.75, 3.05) is 18.5 Å². The van der Waals surface area contributed by atoms with Crippen LogP contribution in [0.1, 0.15) is 47.3 Å². The van der Waals surface area contributed by atoms with E-state index in [-0.39, 0.29) is 23.9 Å². The van der Waals surface area contributed by atoms with E-state index in [9.17, 15) is 18.0 Å². The predicted molar refractivity (Wildman–Crippen MR) is 96.0 cm³/mol. The molecule has 1 aromatic heterocycles. The minimum atomic E-state index is -4.47. The third kappa shape index (κ3) is 3.71. The number of carbonyl (C=O) groups is 1. The lowest BCUT2D eigenvalue weighted by atomic mass is 9.96. The summed E-state index contributed by atoms with van der Waals surface area (Å²) in [4.78, 5) is 12.6. The number of halogens is 3. The lowest BCUT2D eigenvalue weighted by Crippen LogP contribution is -2.37. The number of fused-ring (bicyclic) bond motifs is 1. The Bertz CT molecular complexity index is 831. The number of alkyl halides is 3. The van der Waals surface area contributed by atoms with E-state index in [0.717, 1.165) is 23.1 Å². The van der Waals surface area contributed by atoms with Gasteiger partial charge >= 0.3 is 6.18 Å². The SMILES string of the molecule is O=C(NC[C@@H]1CCCO1)c1cnn2c1N[C@@H](c1ccccc1)C[C@H]2C(F)(F)F. The zero-order chi connectivity index (χ0) is 19.7. The number of ether oxygens (including phenoxy) is 1. The first-order valence-electron chi connectivity index (χ1n) is 9.29. The second-order valence-electron chi connectivity index (χ2n) is 7.10. The topological polar surface area (TPSA) is 68.2 Å². The summed E-state index contributed by atoms with van der Waals surface area (Å²) < 4.78 is 47.3. The minimum Gasteiger partial charge on any atom is -0.376 e. The molecule has 1 fully saturated rings. The average molecular weight is 394 g/mol. The Morgan fingerprint density at radius 2 is 2.11 bits per heavy atom. The van der Waals surface area contributed by atoms with Crippen molar-refractivity contribution in [1.82, 2.24) is 15.1 Å². The number of amides is 1. The predicted octanol–water partition coefficient (Wildman–Crippen LogP) is 3.45. The summed E-state index contributed by atoms with van der Waals surface area (Å²) in [7, 11) is 0. The highest BCUT2D eigenvalue weighted by Crippen LogP contribution is 2.44. The van der Waals surface area contributed by atoms with Gasteiger partial charge < -0.3 is 15.4 Å². The second kappa shape index (κ2) is 7.46. The Morgan fingerprint density at radius 1 is 1.32 bits per heavy atom. The first-order chi connectivity index (χ1) is 13.4. The minimum absolute atomic E-state index is 0.0525. The number of benzene rings is 1. The van der Waals surface area contributed by atoms with Crippen molar-refractivity contribution in [2.24, 2.45) is 0 Å². The van der Waals surface area contributed by atoms with Crippen LogP contribution in [0.15, 0.2) is 36.5 Å². The van der Waals surface area contributed by atoms with Crippen molar-refractivity contribution in [3.8, 4) is 0 Å². The monoisotopic (exact) mass is 394 g/mol. The Morgan fingerprint density at radius 3 is 2.79 bits per heavy atom. The standard InChI is InChI=1S/C19H21F3N4O2/c20-19(21,22)16-9-15(12-5-2-1-3-6-12)25-17-14(11-24-26(16)17)18(27)23-10-13-7-4-8-28-13/h1-3,5-6,11,13,15-16,25H,4,7-10H2,(H,23,27)/t13-,15+,16-/m0/s1. The van der Waals surface area contributed by atoms with Crippen molar-refractivity contribution in [2.45, 2.75) is 43.6 Å². The molecule has 0 aliphatic carbocycles. The van der Waals surface area contributed by atoms with Crippen LogP contribution >= 0.6 is 0 Å². The normalized spacial score (nSPS) is 24.5. The van der Waals surface area contributed by atoms with Crippen LogP contribution in [0.2, 0.25) is 0 Å². The molecule has 1 aromatic carbocycles. The van der Waals surface area contributed by atoms with Crippen molar-refractivity contribution >= 4 is 11.7 Å². The molecular formula is C19H21F3N4O2. The summed E-state index contributed by atoms with van der Waals surface area (Å²) in [5.41, 5.74) is 0.836. The molecule has 6 nitrogen and oxygen atoms in total. The van der Waals surface area contributed by atoms with Crippen LogP contribution in [-0.4, -0.2) is 41.1 Å². The van der Waals surface area contributed by atoms with Gasteiger partial charge in [0.1, 0.15) is 11.4 Å². The fraction of sp³-hybridized carbons (Fsp3) is 0.474. The van der Waals surface area contributed by atoms with Crippen molar-refractivity contribution in [1.29, 1.82) is 0 Å². The van der Waals surface area contributed by atoms with E-state index in [1.807, 2.05) is 6.07 Å². The van der Waals surface area contributed by atoms with Gasteiger partial charge in [-0.1, -0.05) is 30.3 Å². The van der Waals surface area contributed by atoms with Gasteiger partial charge in [0.2, 0.25) is 0 Å². The first kappa shape index (κ1) is 18.8. The van der Waals surface area contributed by atoms with Crippen LogP contribution in [0.5, 0.6) is 0 Å². The van der Waals surface area contributed by atoms with Gasteiger partial charge in [-0.15, -0.1) is 0 Å².